The summed E-state index contributed by atoms with van der Waals surface area (Å²) >= 11 is 0. The third-order valence-electron chi connectivity index (χ3n) is 9.53. The number of pyridine rings is 1. The van der Waals surface area contributed by atoms with Crippen molar-refractivity contribution in [1.29, 1.82) is 5.26 Å². The minimum Gasteiger partial charge on any atom is -0.478 e. The van der Waals surface area contributed by atoms with Crippen LogP contribution >= 0.6 is 0 Å². The number of fused-ring (bicyclic) bond motifs is 1. The van der Waals surface area contributed by atoms with E-state index in [0.29, 0.717) is 19.1 Å². The Kier molecular flexibility index (Phi) is 8.93. The van der Waals surface area contributed by atoms with Gasteiger partial charge in [-0.15, -0.1) is 0 Å². The first-order valence-corrected chi connectivity index (χ1v) is 17.3. The molecule has 4 heterocycles. The van der Waals surface area contributed by atoms with Crippen molar-refractivity contribution in [2.24, 2.45) is 0 Å². The number of hydrogen-bond donors (Lipinski definition) is 0. The minimum absolute atomic E-state index is 0.0533. The van der Waals surface area contributed by atoms with Gasteiger partial charge in [0.15, 0.2) is 5.54 Å². The molecule has 3 aromatic rings. The Morgan fingerprint density at radius 3 is 2.38 bits per heavy atom. The molecule has 6 rings (SSSR count). The van der Waals surface area contributed by atoms with Crippen LogP contribution in [0.4, 0.5) is 10.5 Å². The van der Waals surface area contributed by atoms with Crippen LogP contribution in [0.25, 0.3) is 0 Å². The molecule has 3 amide bonds. The minimum atomic E-state index is -4.45. The van der Waals surface area contributed by atoms with Crippen molar-refractivity contribution >= 4 is 27.6 Å². The molecule has 0 aliphatic carbocycles. The van der Waals surface area contributed by atoms with Crippen molar-refractivity contribution < 1.29 is 22.7 Å². The molecule has 3 aliphatic heterocycles. The average Bonchev–Trinajstić information content (AvgIpc) is 3.37. The number of piperidine rings is 1. The predicted molar refractivity (Wildman–Crippen MR) is 175 cm³/mol. The van der Waals surface area contributed by atoms with Gasteiger partial charge >= 0.3 is 6.03 Å². The van der Waals surface area contributed by atoms with Crippen molar-refractivity contribution in [3.63, 3.8) is 0 Å². The second-order valence-corrected chi connectivity index (χ2v) is 13.9. The van der Waals surface area contributed by atoms with Crippen LogP contribution in [0.2, 0.25) is 0 Å². The van der Waals surface area contributed by atoms with E-state index in [4.69, 9.17) is 4.74 Å². The quantitative estimate of drug-likeness (QED) is 0.376. The number of sulfonamides is 1. The summed E-state index contributed by atoms with van der Waals surface area (Å²) in [6.07, 6.45) is 3.08. The van der Waals surface area contributed by atoms with E-state index < -0.39 is 27.5 Å². The number of amides is 3. The summed E-state index contributed by atoms with van der Waals surface area (Å²) in [6.45, 7) is 6.92. The van der Waals surface area contributed by atoms with E-state index in [1.807, 2.05) is 0 Å². The van der Waals surface area contributed by atoms with Crippen LogP contribution in [0.15, 0.2) is 71.8 Å². The molecule has 0 spiro atoms. The molecule has 13 heteroatoms. The molecule has 12 nitrogen and oxygen atoms in total. The summed E-state index contributed by atoms with van der Waals surface area (Å²) in [4.78, 5) is 41.9. The first-order chi connectivity index (χ1) is 22.6. The largest absolute Gasteiger partial charge is 0.478 e. The van der Waals surface area contributed by atoms with Crippen LogP contribution in [0, 0.1) is 11.3 Å². The van der Waals surface area contributed by atoms with Gasteiger partial charge in [0, 0.05) is 64.1 Å². The van der Waals surface area contributed by atoms with Gasteiger partial charge < -0.3 is 19.4 Å². The number of rotatable bonds is 7. The number of likely N-dealkylation sites (tertiary alicyclic amines) is 1. The smallest absolute Gasteiger partial charge is 0.321 e. The zero-order chi connectivity index (χ0) is 33.3. The van der Waals surface area contributed by atoms with Crippen LogP contribution in [0.5, 0.6) is 5.88 Å². The van der Waals surface area contributed by atoms with Gasteiger partial charge in [-0.25, -0.2) is 18.2 Å². The van der Waals surface area contributed by atoms with Gasteiger partial charge in [0.05, 0.1) is 34.4 Å². The zero-order valence-corrected chi connectivity index (χ0v) is 27.7. The number of likely N-dealkylation sites (N-methyl/N-ethyl adjacent to an activating group) is 2. The summed E-state index contributed by atoms with van der Waals surface area (Å²) in [5.74, 6) is -0.799. The summed E-state index contributed by atoms with van der Waals surface area (Å²) in [7, 11) is -0.820. The highest BCUT2D eigenvalue weighted by atomic mass is 32.2. The van der Waals surface area contributed by atoms with E-state index in [0.717, 1.165) is 43.3 Å². The Balaban J connectivity index is 1.46. The monoisotopic (exact) mass is 657 g/mol. The summed E-state index contributed by atoms with van der Waals surface area (Å²) in [5.41, 5.74) is -1.38. The zero-order valence-electron chi connectivity index (χ0n) is 26.9. The van der Waals surface area contributed by atoms with E-state index in [-0.39, 0.29) is 39.8 Å². The summed E-state index contributed by atoms with van der Waals surface area (Å²) in [6, 6.07) is 17.4. The molecule has 0 saturated carbocycles. The number of carbonyl (C=O) groups excluding carboxylic acids is 2. The fraction of sp³-hybridized carbons (Fsp3) is 0.412. The maximum atomic E-state index is 15.1. The molecule has 246 valence electrons. The van der Waals surface area contributed by atoms with Crippen LogP contribution in [-0.2, 0) is 20.4 Å². The van der Waals surface area contributed by atoms with Crippen molar-refractivity contribution in [2.45, 2.75) is 36.2 Å². The Morgan fingerprint density at radius 1 is 1.02 bits per heavy atom. The van der Waals surface area contributed by atoms with Gasteiger partial charge in [0.1, 0.15) is 0 Å². The highest BCUT2D eigenvalue weighted by molar-refractivity contribution is 7.93. The maximum absolute atomic E-state index is 15.1. The predicted octanol–water partition coefficient (Wildman–Crippen LogP) is 3.09. The standard InChI is InChI=1S/C34H39N7O5S/c1-4-46-31-28(11-8-16-36-31)34(38(3)33(43)40-17-14-26(15-18-40)39-21-19-37(2)20-22-39)29-23-25(24-35)12-13-30(29)41(32(34)42)47(44,45)27-9-6-5-7-10-27/h5-13,16,23,26H,4,14-15,17-22H2,1-3H3. The normalized spacial score (nSPS) is 20.9. The molecule has 0 radical (unpaired) electrons. The molecular weight excluding hydrogens is 618 g/mol. The van der Waals surface area contributed by atoms with Crippen molar-refractivity contribution in [1.82, 2.24) is 24.6 Å². The molecule has 2 aromatic carbocycles. The number of urea groups is 1. The highest BCUT2D eigenvalue weighted by Crippen LogP contribution is 2.52. The van der Waals surface area contributed by atoms with Gasteiger partial charge in [-0.05, 0) is 69.3 Å². The Labute approximate surface area is 275 Å². The SMILES string of the molecule is CCOc1ncccc1C1(N(C)C(=O)N2CCC(N3CCN(C)CC3)CC2)C(=O)N(S(=O)(=O)c2ccccc2)c2ccc(C#N)cc21. The number of carbonyl (C=O) groups is 2. The van der Waals surface area contributed by atoms with Crippen LogP contribution in [-0.4, -0.2) is 111 Å². The molecule has 47 heavy (non-hydrogen) atoms. The third-order valence-corrected chi connectivity index (χ3v) is 11.2. The number of hydrogen-bond acceptors (Lipinski definition) is 9. The van der Waals surface area contributed by atoms with E-state index in [1.165, 1.54) is 48.5 Å². The van der Waals surface area contributed by atoms with E-state index in [2.05, 4.69) is 27.9 Å². The Bertz CT molecular complexity index is 1800. The van der Waals surface area contributed by atoms with Gasteiger partial charge in [0.2, 0.25) is 5.88 Å². The fourth-order valence-corrected chi connectivity index (χ4v) is 8.51. The first-order valence-electron chi connectivity index (χ1n) is 15.9. The summed E-state index contributed by atoms with van der Waals surface area (Å²) < 4.78 is 35.2. The number of nitrogens with zero attached hydrogens (tertiary/aromatic N) is 7. The van der Waals surface area contributed by atoms with Gasteiger partial charge in [-0.1, -0.05) is 18.2 Å². The molecule has 2 saturated heterocycles. The highest BCUT2D eigenvalue weighted by Gasteiger charge is 2.61. The number of anilines is 1. The molecule has 0 N–H and O–H groups in total. The number of aromatic nitrogens is 1. The number of benzene rings is 2. The van der Waals surface area contributed by atoms with Crippen LogP contribution < -0.4 is 9.04 Å². The molecule has 1 unspecified atom stereocenters. The van der Waals surface area contributed by atoms with E-state index in [1.54, 1.807) is 42.2 Å². The van der Waals surface area contributed by atoms with Gasteiger partial charge in [0.25, 0.3) is 15.9 Å². The van der Waals surface area contributed by atoms with Crippen molar-refractivity contribution in [3.8, 4) is 11.9 Å². The molecule has 3 aliphatic rings. The fourth-order valence-electron chi connectivity index (χ4n) is 7.03. The number of ether oxygens (including phenoxy) is 1. The Morgan fingerprint density at radius 2 is 1.72 bits per heavy atom. The lowest BCUT2D eigenvalue weighted by molar-refractivity contribution is -0.125. The van der Waals surface area contributed by atoms with E-state index >= 15 is 4.79 Å². The van der Waals surface area contributed by atoms with Gasteiger partial charge in [-0.3, -0.25) is 9.69 Å². The van der Waals surface area contributed by atoms with E-state index in [9.17, 15) is 18.5 Å². The molecule has 2 fully saturated rings. The first kappa shape index (κ1) is 32.4. The lowest BCUT2D eigenvalue weighted by Crippen LogP contribution is -2.60. The van der Waals surface area contributed by atoms with Crippen LogP contribution in [0.1, 0.15) is 36.5 Å². The molecule has 0 bridgehead atoms. The Hall–Kier alpha value is -4.51. The average molecular weight is 658 g/mol. The lowest BCUT2D eigenvalue weighted by atomic mass is 9.82. The second-order valence-electron chi connectivity index (χ2n) is 12.1. The maximum Gasteiger partial charge on any atom is 0.321 e. The van der Waals surface area contributed by atoms with Crippen LogP contribution in [0.3, 0.4) is 0 Å². The van der Waals surface area contributed by atoms with Crippen molar-refractivity contribution in [3.05, 3.63) is 83.6 Å². The lowest BCUT2D eigenvalue weighted by Gasteiger charge is -2.45. The molecule has 1 atom stereocenters. The summed E-state index contributed by atoms with van der Waals surface area (Å²) in [5, 5.41) is 9.92. The van der Waals surface area contributed by atoms with Gasteiger partial charge in [-0.2, -0.15) is 9.57 Å². The molecule has 1 aromatic heterocycles. The van der Waals surface area contributed by atoms with Crippen molar-refractivity contribution in [2.75, 3.05) is 64.3 Å². The molecular formula is C34H39N7O5S. The second kappa shape index (κ2) is 12.9. The number of piperazine rings is 1. The topological polar surface area (TPSA) is 130 Å². The third kappa shape index (κ3) is 5.50. The number of nitriles is 1.